The van der Waals surface area contributed by atoms with Crippen LogP contribution in [0, 0.1) is 0 Å². The molecule has 18 heavy (non-hydrogen) atoms. The van der Waals surface area contributed by atoms with Gasteiger partial charge in [0.2, 0.25) is 0 Å². The summed E-state index contributed by atoms with van der Waals surface area (Å²) in [6.07, 6.45) is 0. The molecule has 102 valence electrons. The Kier molecular flexibility index (Phi) is 4.57. The standard InChI is InChI=1S/C16H27NO/c1-7-18-16(5,6)14(17)12-8-10-13(11-9-12)15(2,3)4/h8-11,14H,7,17H2,1-6H3. The Morgan fingerprint density at radius 1 is 1.06 bits per heavy atom. The third kappa shape index (κ3) is 3.56. The number of benzene rings is 1. The van der Waals surface area contributed by atoms with E-state index in [1.165, 1.54) is 5.56 Å². The van der Waals surface area contributed by atoms with E-state index in [2.05, 4.69) is 45.0 Å². The second-order valence-electron chi connectivity index (χ2n) is 6.39. The van der Waals surface area contributed by atoms with Crippen LogP contribution in [0.3, 0.4) is 0 Å². The molecule has 0 amide bonds. The molecule has 0 fully saturated rings. The van der Waals surface area contributed by atoms with Gasteiger partial charge in [-0.3, -0.25) is 0 Å². The third-order valence-electron chi connectivity index (χ3n) is 3.40. The second kappa shape index (κ2) is 5.41. The van der Waals surface area contributed by atoms with Gasteiger partial charge in [0, 0.05) is 6.61 Å². The fraction of sp³-hybridized carbons (Fsp3) is 0.625. The number of hydrogen-bond donors (Lipinski definition) is 1. The van der Waals surface area contributed by atoms with Crippen LogP contribution < -0.4 is 5.73 Å². The highest BCUT2D eigenvalue weighted by atomic mass is 16.5. The van der Waals surface area contributed by atoms with Crippen molar-refractivity contribution in [1.82, 2.24) is 0 Å². The normalized spacial score (nSPS) is 14.6. The van der Waals surface area contributed by atoms with Crippen LogP contribution in [0.15, 0.2) is 24.3 Å². The lowest BCUT2D eigenvalue weighted by atomic mass is 9.85. The second-order valence-corrected chi connectivity index (χ2v) is 6.39. The average molecular weight is 249 g/mol. The molecule has 1 unspecified atom stereocenters. The molecule has 0 spiro atoms. The van der Waals surface area contributed by atoms with Gasteiger partial charge in [-0.2, -0.15) is 0 Å². The first-order valence-corrected chi connectivity index (χ1v) is 6.68. The maximum atomic E-state index is 6.29. The molecule has 0 heterocycles. The zero-order chi connectivity index (χ0) is 14.0. The summed E-state index contributed by atoms with van der Waals surface area (Å²) >= 11 is 0. The van der Waals surface area contributed by atoms with E-state index >= 15 is 0 Å². The van der Waals surface area contributed by atoms with Crippen molar-refractivity contribution in [3.05, 3.63) is 35.4 Å². The monoisotopic (exact) mass is 249 g/mol. The average Bonchev–Trinajstić information content (AvgIpc) is 2.27. The van der Waals surface area contributed by atoms with Crippen molar-refractivity contribution >= 4 is 0 Å². The molecule has 2 N–H and O–H groups in total. The van der Waals surface area contributed by atoms with Gasteiger partial charge in [0.1, 0.15) is 0 Å². The van der Waals surface area contributed by atoms with Gasteiger partial charge in [0.25, 0.3) is 0 Å². The van der Waals surface area contributed by atoms with Crippen LogP contribution in [0.1, 0.15) is 58.7 Å². The predicted molar refractivity (Wildman–Crippen MR) is 77.8 cm³/mol. The Morgan fingerprint density at radius 2 is 1.56 bits per heavy atom. The Bertz CT molecular complexity index is 373. The molecule has 1 atom stereocenters. The van der Waals surface area contributed by atoms with Crippen LogP contribution in [0.2, 0.25) is 0 Å². The molecule has 0 bridgehead atoms. The molecule has 1 rings (SSSR count). The largest absolute Gasteiger partial charge is 0.374 e. The molecule has 1 aromatic carbocycles. The summed E-state index contributed by atoms with van der Waals surface area (Å²) in [7, 11) is 0. The zero-order valence-electron chi connectivity index (χ0n) is 12.6. The molecule has 0 radical (unpaired) electrons. The number of ether oxygens (including phenoxy) is 1. The van der Waals surface area contributed by atoms with Gasteiger partial charge >= 0.3 is 0 Å². The summed E-state index contributed by atoms with van der Waals surface area (Å²) in [5, 5.41) is 0. The van der Waals surface area contributed by atoms with Crippen LogP contribution in [-0.2, 0) is 10.2 Å². The van der Waals surface area contributed by atoms with E-state index in [4.69, 9.17) is 10.5 Å². The molecule has 2 heteroatoms. The molecule has 2 nitrogen and oxygen atoms in total. The lowest BCUT2D eigenvalue weighted by Gasteiger charge is -2.32. The zero-order valence-corrected chi connectivity index (χ0v) is 12.6. The molecule has 0 saturated carbocycles. The minimum atomic E-state index is -0.335. The number of hydrogen-bond acceptors (Lipinski definition) is 2. The topological polar surface area (TPSA) is 35.2 Å². The van der Waals surface area contributed by atoms with Gasteiger partial charge < -0.3 is 10.5 Å². The third-order valence-corrected chi connectivity index (χ3v) is 3.40. The van der Waals surface area contributed by atoms with Gasteiger partial charge in [0.05, 0.1) is 11.6 Å². The molecule has 0 aliphatic heterocycles. The van der Waals surface area contributed by atoms with Crippen LogP contribution in [0.25, 0.3) is 0 Å². The summed E-state index contributed by atoms with van der Waals surface area (Å²) in [4.78, 5) is 0. The minimum absolute atomic E-state index is 0.105. The van der Waals surface area contributed by atoms with Gasteiger partial charge in [-0.25, -0.2) is 0 Å². The van der Waals surface area contributed by atoms with Gasteiger partial charge in [0.15, 0.2) is 0 Å². The molecule has 1 aromatic rings. The molecule has 0 aromatic heterocycles. The van der Waals surface area contributed by atoms with E-state index in [9.17, 15) is 0 Å². The fourth-order valence-electron chi connectivity index (χ4n) is 2.05. The maximum Gasteiger partial charge on any atom is 0.0818 e. The van der Waals surface area contributed by atoms with Crippen molar-refractivity contribution in [3.8, 4) is 0 Å². The summed E-state index contributed by atoms with van der Waals surface area (Å²) in [5.74, 6) is 0. The van der Waals surface area contributed by atoms with E-state index < -0.39 is 0 Å². The summed E-state index contributed by atoms with van der Waals surface area (Å²) in [5.41, 5.74) is 8.59. The highest BCUT2D eigenvalue weighted by Gasteiger charge is 2.28. The van der Waals surface area contributed by atoms with Crippen molar-refractivity contribution in [2.45, 2.75) is 58.6 Å². The van der Waals surface area contributed by atoms with Crippen LogP contribution >= 0.6 is 0 Å². The molecule has 0 saturated heterocycles. The first kappa shape index (κ1) is 15.2. The van der Waals surface area contributed by atoms with Crippen LogP contribution in [-0.4, -0.2) is 12.2 Å². The van der Waals surface area contributed by atoms with Gasteiger partial charge in [-0.15, -0.1) is 0 Å². The highest BCUT2D eigenvalue weighted by molar-refractivity contribution is 5.30. The molecule has 0 aliphatic rings. The fourth-order valence-corrected chi connectivity index (χ4v) is 2.05. The van der Waals surface area contributed by atoms with Crippen molar-refractivity contribution in [3.63, 3.8) is 0 Å². The van der Waals surface area contributed by atoms with Crippen LogP contribution in [0.5, 0.6) is 0 Å². The molecular formula is C16H27NO. The van der Waals surface area contributed by atoms with E-state index in [0.717, 1.165) is 5.56 Å². The summed E-state index contributed by atoms with van der Waals surface area (Å²) in [6, 6.07) is 8.46. The number of rotatable bonds is 4. The van der Waals surface area contributed by atoms with Crippen molar-refractivity contribution in [2.24, 2.45) is 5.73 Å². The minimum Gasteiger partial charge on any atom is -0.374 e. The van der Waals surface area contributed by atoms with E-state index in [1.807, 2.05) is 20.8 Å². The lowest BCUT2D eigenvalue weighted by Crippen LogP contribution is -2.38. The first-order valence-electron chi connectivity index (χ1n) is 6.68. The Hall–Kier alpha value is -0.860. The highest BCUT2D eigenvalue weighted by Crippen LogP contribution is 2.29. The lowest BCUT2D eigenvalue weighted by molar-refractivity contribution is -0.0298. The van der Waals surface area contributed by atoms with Gasteiger partial charge in [-0.1, -0.05) is 45.0 Å². The van der Waals surface area contributed by atoms with E-state index in [1.54, 1.807) is 0 Å². The number of nitrogens with two attached hydrogens (primary N) is 1. The van der Waals surface area contributed by atoms with Crippen molar-refractivity contribution < 1.29 is 4.74 Å². The quantitative estimate of drug-likeness (QED) is 0.881. The van der Waals surface area contributed by atoms with Crippen LogP contribution in [0.4, 0.5) is 0 Å². The summed E-state index contributed by atoms with van der Waals surface area (Å²) in [6.45, 7) is 13.4. The molecular weight excluding hydrogens is 222 g/mol. The SMILES string of the molecule is CCOC(C)(C)C(N)c1ccc(C(C)(C)C)cc1. The summed E-state index contributed by atoms with van der Waals surface area (Å²) < 4.78 is 5.72. The maximum absolute atomic E-state index is 6.29. The van der Waals surface area contributed by atoms with Crippen molar-refractivity contribution in [1.29, 1.82) is 0 Å². The Balaban J connectivity index is 2.92. The first-order chi connectivity index (χ1) is 8.18. The predicted octanol–water partition coefficient (Wildman–Crippen LogP) is 3.80. The van der Waals surface area contributed by atoms with Crippen molar-refractivity contribution in [2.75, 3.05) is 6.61 Å². The Labute approximate surface area is 112 Å². The van der Waals surface area contributed by atoms with E-state index in [-0.39, 0.29) is 17.1 Å². The molecule has 0 aliphatic carbocycles. The van der Waals surface area contributed by atoms with Gasteiger partial charge in [-0.05, 0) is 37.3 Å². The Morgan fingerprint density at radius 3 is 1.94 bits per heavy atom. The van der Waals surface area contributed by atoms with E-state index in [0.29, 0.717) is 6.61 Å². The smallest absolute Gasteiger partial charge is 0.0818 e.